The van der Waals surface area contributed by atoms with Crippen molar-refractivity contribution in [1.29, 1.82) is 0 Å². The van der Waals surface area contributed by atoms with E-state index in [0.29, 0.717) is 6.04 Å². The van der Waals surface area contributed by atoms with E-state index in [1.54, 1.807) is 0 Å². The van der Waals surface area contributed by atoms with E-state index in [1.165, 1.54) is 32.9 Å². The van der Waals surface area contributed by atoms with Crippen LogP contribution in [0.4, 0.5) is 0 Å². The molecule has 0 heterocycles. The van der Waals surface area contributed by atoms with Gasteiger partial charge >= 0.3 is 0 Å². The predicted molar refractivity (Wildman–Crippen MR) is 92.0 cm³/mol. The third kappa shape index (κ3) is 5.57. The fraction of sp³-hybridized carbons (Fsp3) is 0.600. The lowest BCUT2D eigenvalue weighted by atomic mass is 9.98. The summed E-state index contributed by atoms with van der Waals surface area (Å²) in [7, 11) is 0. The lowest BCUT2D eigenvalue weighted by Gasteiger charge is -2.20. The molecule has 1 unspecified atom stereocenters. The fourth-order valence-electron chi connectivity index (χ4n) is 2.13. The fourth-order valence-corrected chi connectivity index (χ4v) is 3.22. The maximum atomic E-state index is 3.62. The molecule has 1 N–H and O–H groups in total. The number of hydrogen-bond donors (Lipinski definition) is 1. The zero-order chi connectivity index (χ0) is 13.5. The molecule has 0 fully saturated rings. The number of nitrogens with one attached hydrogen (secondary N) is 1. The van der Waals surface area contributed by atoms with Gasteiger partial charge in [-0.15, -0.1) is 0 Å². The van der Waals surface area contributed by atoms with Gasteiger partial charge in [0.15, 0.2) is 0 Å². The number of halogens is 2. The van der Waals surface area contributed by atoms with Crippen molar-refractivity contribution in [2.45, 2.75) is 46.1 Å². The summed E-state index contributed by atoms with van der Waals surface area (Å²) in [5, 5.41) is 3.62. The van der Waals surface area contributed by atoms with Crippen LogP contribution in [0.25, 0.3) is 0 Å². The Bertz CT molecular complexity index is 366. The van der Waals surface area contributed by atoms with E-state index in [2.05, 4.69) is 82.8 Å². The van der Waals surface area contributed by atoms with Crippen LogP contribution in [0.15, 0.2) is 22.7 Å². The summed E-state index contributed by atoms with van der Waals surface area (Å²) in [6.45, 7) is 7.80. The van der Waals surface area contributed by atoms with Crippen LogP contribution in [0.3, 0.4) is 0 Å². The quantitative estimate of drug-likeness (QED) is 0.568. The van der Waals surface area contributed by atoms with Crippen LogP contribution in [-0.4, -0.2) is 6.54 Å². The van der Waals surface area contributed by atoms with E-state index in [9.17, 15) is 0 Å². The van der Waals surface area contributed by atoms with Gasteiger partial charge < -0.3 is 5.32 Å². The summed E-state index contributed by atoms with van der Waals surface area (Å²) in [5.74, 6) is 0.800. The van der Waals surface area contributed by atoms with E-state index in [1.807, 2.05) is 0 Å². The lowest BCUT2D eigenvalue weighted by molar-refractivity contribution is 0.454. The number of rotatable bonds is 7. The molecule has 1 nitrogen and oxygen atoms in total. The number of benzene rings is 1. The molecule has 0 amide bonds. The zero-order valence-corrected chi connectivity index (χ0v) is 15.2. The van der Waals surface area contributed by atoms with Crippen LogP contribution in [0, 0.1) is 9.49 Å². The predicted octanol–water partition coefficient (Wildman–Crippen LogP) is 5.53. The van der Waals surface area contributed by atoms with Gasteiger partial charge in [0.05, 0.1) is 0 Å². The van der Waals surface area contributed by atoms with Gasteiger partial charge in [-0.2, -0.15) is 0 Å². The summed E-state index contributed by atoms with van der Waals surface area (Å²) < 4.78 is 2.52. The molecule has 0 saturated carbocycles. The SMILES string of the molecule is CCNC(CCCC(C)C)c1cc(Br)ccc1I. The first kappa shape index (κ1) is 16.4. The van der Waals surface area contributed by atoms with Gasteiger partial charge in [0, 0.05) is 14.1 Å². The van der Waals surface area contributed by atoms with Crippen LogP contribution >= 0.6 is 38.5 Å². The van der Waals surface area contributed by atoms with E-state index < -0.39 is 0 Å². The minimum atomic E-state index is 0.484. The van der Waals surface area contributed by atoms with Crippen LogP contribution in [0.5, 0.6) is 0 Å². The summed E-state index contributed by atoms with van der Waals surface area (Å²) in [5.41, 5.74) is 1.43. The molecule has 0 aliphatic carbocycles. The largest absolute Gasteiger partial charge is 0.310 e. The smallest absolute Gasteiger partial charge is 0.0331 e. The van der Waals surface area contributed by atoms with Crippen molar-refractivity contribution in [3.05, 3.63) is 31.8 Å². The summed E-state index contributed by atoms with van der Waals surface area (Å²) in [6, 6.07) is 7.04. The Morgan fingerprint density at radius 1 is 1.28 bits per heavy atom. The monoisotopic (exact) mass is 423 g/mol. The molecule has 102 valence electrons. The molecule has 1 atom stereocenters. The molecule has 0 aliphatic rings. The zero-order valence-electron chi connectivity index (χ0n) is 11.5. The van der Waals surface area contributed by atoms with Gasteiger partial charge in [0.2, 0.25) is 0 Å². The van der Waals surface area contributed by atoms with Crippen molar-refractivity contribution in [2.24, 2.45) is 5.92 Å². The van der Waals surface area contributed by atoms with E-state index >= 15 is 0 Å². The average molecular weight is 424 g/mol. The van der Waals surface area contributed by atoms with Gasteiger partial charge in [-0.25, -0.2) is 0 Å². The summed E-state index contributed by atoms with van der Waals surface area (Å²) in [4.78, 5) is 0. The van der Waals surface area contributed by atoms with Crippen molar-refractivity contribution in [3.63, 3.8) is 0 Å². The Hall–Kier alpha value is 0.390. The molecule has 0 saturated heterocycles. The highest BCUT2D eigenvalue weighted by Gasteiger charge is 2.13. The van der Waals surface area contributed by atoms with Gasteiger partial charge in [-0.3, -0.25) is 0 Å². The number of hydrogen-bond acceptors (Lipinski definition) is 1. The highest BCUT2D eigenvalue weighted by Crippen LogP contribution is 2.28. The van der Waals surface area contributed by atoms with Crippen molar-refractivity contribution in [3.8, 4) is 0 Å². The lowest BCUT2D eigenvalue weighted by Crippen LogP contribution is -2.22. The van der Waals surface area contributed by atoms with Crippen LogP contribution in [-0.2, 0) is 0 Å². The topological polar surface area (TPSA) is 12.0 Å². The van der Waals surface area contributed by atoms with Gasteiger partial charge in [-0.1, -0.05) is 49.5 Å². The third-order valence-electron chi connectivity index (χ3n) is 3.06. The van der Waals surface area contributed by atoms with Crippen molar-refractivity contribution in [2.75, 3.05) is 6.54 Å². The Kier molecular flexibility index (Phi) is 7.80. The highest BCUT2D eigenvalue weighted by atomic mass is 127. The summed E-state index contributed by atoms with van der Waals surface area (Å²) >= 11 is 6.01. The van der Waals surface area contributed by atoms with E-state index in [-0.39, 0.29) is 0 Å². The highest BCUT2D eigenvalue weighted by molar-refractivity contribution is 14.1. The molecule has 1 aromatic carbocycles. The Balaban J connectivity index is 2.73. The molecular weight excluding hydrogens is 401 g/mol. The van der Waals surface area contributed by atoms with Crippen LogP contribution in [0.2, 0.25) is 0 Å². The van der Waals surface area contributed by atoms with Crippen LogP contribution < -0.4 is 5.32 Å². The molecule has 1 rings (SSSR count). The first-order chi connectivity index (χ1) is 8.54. The van der Waals surface area contributed by atoms with Crippen molar-refractivity contribution < 1.29 is 0 Å². The second-order valence-electron chi connectivity index (χ2n) is 5.10. The molecular formula is C15H23BrIN. The standard InChI is InChI=1S/C15H23BrIN/c1-4-18-15(7-5-6-11(2)3)13-10-12(16)8-9-14(13)17/h8-11,15,18H,4-7H2,1-3H3. The molecule has 0 bridgehead atoms. The Morgan fingerprint density at radius 3 is 2.61 bits per heavy atom. The van der Waals surface area contributed by atoms with Gasteiger partial charge in [0.25, 0.3) is 0 Å². The molecule has 0 aromatic heterocycles. The van der Waals surface area contributed by atoms with Gasteiger partial charge in [-0.05, 0) is 65.2 Å². The maximum absolute atomic E-state index is 3.62. The van der Waals surface area contributed by atoms with Crippen LogP contribution in [0.1, 0.15) is 51.6 Å². The second kappa shape index (κ2) is 8.54. The molecule has 0 radical (unpaired) electrons. The molecule has 3 heteroatoms. The molecule has 18 heavy (non-hydrogen) atoms. The van der Waals surface area contributed by atoms with Crippen molar-refractivity contribution in [1.82, 2.24) is 5.32 Å². The average Bonchev–Trinajstić information content (AvgIpc) is 2.31. The minimum Gasteiger partial charge on any atom is -0.310 e. The minimum absolute atomic E-state index is 0.484. The van der Waals surface area contributed by atoms with Gasteiger partial charge in [0.1, 0.15) is 0 Å². The first-order valence-corrected chi connectivity index (χ1v) is 8.60. The summed E-state index contributed by atoms with van der Waals surface area (Å²) in [6.07, 6.45) is 3.82. The van der Waals surface area contributed by atoms with E-state index in [4.69, 9.17) is 0 Å². The third-order valence-corrected chi connectivity index (χ3v) is 4.53. The van der Waals surface area contributed by atoms with Crippen molar-refractivity contribution >= 4 is 38.5 Å². The normalized spacial score (nSPS) is 13.0. The molecule has 0 aliphatic heterocycles. The second-order valence-corrected chi connectivity index (χ2v) is 7.18. The Morgan fingerprint density at radius 2 is 2.00 bits per heavy atom. The molecule has 0 spiro atoms. The maximum Gasteiger partial charge on any atom is 0.0331 e. The Labute approximate surface area is 133 Å². The molecule has 1 aromatic rings. The van der Waals surface area contributed by atoms with E-state index in [0.717, 1.165) is 12.5 Å². The first-order valence-electron chi connectivity index (χ1n) is 6.73.